The van der Waals surface area contributed by atoms with Crippen molar-refractivity contribution in [3.8, 4) is 6.07 Å². The molecule has 2 fully saturated rings. The van der Waals surface area contributed by atoms with Crippen LogP contribution in [-0.4, -0.2) is 30.4 Å². The molecule has 3 rings (SSSR count). The van der Waals surface area contributed by atoms with Gasteiger partial charge in [-0.15, -0.1) is 12.4 Å². The third-order valence-corrected chi connectivity index (χ3v) is 4.73. The summed E-state index contributed by atoms with van der Waals surface area (Å²) >= 11 is 0. The lowest BCUT2D eigenvalue weighted by atomic mass is 9.73. The molecule has 1 aromatic carbocycles. The Hall–Kier alpha value is -1.57. The molecule has 118 valence electrons. The fraction of sp³-hybridized carbons (Fsp3) is 0.529. The first-order valence-corrected chi connectivity index (χ1v) is 7.73. The van der Waals surface area contributed by atoms with Crippen LogP contribution in [-0.2, 0) is 11.3 Å². The van der Waals surface area contributed by atoms with Crippen molar-refractivity contribution in [1.82, 2.24) is 10.2 Å². The van der Waals surface area contributed by atoms with Gasteiger partial charge in [0.15, 0.2) is 0 Å². The molecule has 4 nitrogen and oxygen atoms in total. The van der Waals surface area contributed by atoms with Gasteiger partial charge in [-0.05, 0) is 49.9 Å². The van der Waals surface area contributed by atoms with Crippen LogP contribution < -0.4 is 5.32 Å². The van der Waals surface area contributed by atoms with E-state index in [9.17, 15) is 4.79 Å². The molecule has 1 spiro atoms. The number of rotatable bonds is 2. The van der Waals surface area contributed by atoms with Crippen molar-refractivity contribution in [3.63, 3.8) is 0 Å². The number of carbonyl (C=O) groups excluding carboxylic acids is 1. The molecule has 0 aliphatic carbocycles. The van der Waals surface area contributed by atoms with Crippen molar-refractivity contribution in [1.29, 1.82) is 5.26 Å². The summed E-state index contributed by atoms with van der Waals surface area (Å²) < 4.78 is 0. The van der Waals surface area contributed by atoms with E-state index in [-0.39, 0.29) is 17.8 Å². The van der Waals surface area contributed by atoms with Crippen LogP contribution in [0.1, 0.15) is 36.8 Å². The summed E-state index contributed by atoms with van der Waals surface area (Å²) in [6.07, 6.45) is 4.18. The van der Waals surface area contributed by atoms with Crippen LogP contribution >= 0.6 is 12.4 Å². The van der Waals surface area contributed by atoms with Crippen LogP contribution in [0.2, 0.25) is 0 Å². The third-order valence-electron chi connectivity index (χ3n) is 4.73. The Morgan fingerprint density at radius 1 is 1.32 bits per heavy atom. The third kappa shape index (κ3) is 3.26. The lowest BCUT2D eigenvalue weighted by Crippen LogP contribution is -2.54. The van der Waals surface area contributed by atoms with Gasteiger partial charge in [-0.3, -0.25) is 4.79 Å². The maximum Gasteiger partial charge on any atom is 0.230 e. The van der Waals surface area contributed by atoms with Crippen molar-refractivity contribution >= 4 is 18.3 Å². The highest BCUT2D eigenvalue weighted by molar-refractivity contribution is 5.85. The quantitative estimate of drug-likeness (QED) is 0.911. The first-order chi connectivity index (χ1) is 10.2. The molecule has 0 aromatic heterocycles. The average Bonchev–Trinajstić information content (AvgIpc) is 2.53. The van der Waals surface area contributed by atoms with Crippen LogP contribution in [0.5, 0.6) is 0 Å². The topological polar surface area (TPSA) is 56.1 Å². The van der Waals surface area contributed by atoms with Crippen LogP contribution in [0, 0.1) is 16.7 Å². The van der Waals surface area contributed by atoms with Gasteiger partial charge in [-0.25, -0.2) is 0 Å². The summed E-state index contributed by atoms with van der Waals surface area (Å²) in [5.74, 6) is 0.295. The summed E-state index contributed by atoms with van der Waals surface area (Å²) in [4.78, 5) is 14.9. The standard InChI is InChI=1S/C17H21N3O.ClH/c18-11-14-4-1-5-15(10-14)12-20-9-3-7-17(16(20)21)6-2-8-19-13-17;/h1,4-5,10,19H,2-3,6-9,12-13H2;1H. The van der Waals surface area contributed by atoms with E-state index >= 15 is 0 Å². The molecule has 1 N–H and O–H groups in total. The number of hydrogen-bond donors (Lipinski definition) is 1. The second-order valence-electron chi connectivity index (χ2n) is 6.20. The predicted octanol–water partition coefficient (Wildman–Crippen LogP) is 2.47. The van der Waals surface area contributed by atoms with Crippen LogP contribution in [0.15, 0.2) is 24.3 Å². The second kappa shape index (κ2) is 7.13. The van der Waals surface area contributed by atoms with Gasteiger partial charge in [0.25, 0.3) is 0 Å². The van der Waals surface area contributed by atoms with Crippen molar-refractivity contribution in [2.75, 3.05) is 19.6 Å². The Kier molecular flexibility index (Phi) is 5.44. The monoisotopic (exact) mass is 319 g/mol. The molecule has 0 bridgehead atoms. The summed E-state index contributed by atoms with van der Waals surface area (Å²) in [7, 11) is 0. The second-order valence-corrected chi connectivity index (χ2v) is 6.20. The number of nitriles is 1. The SMILES string of the molecule is Cl.N#Cc1cccc(CN2CCCC3(CCCNC3)C2=O)c1. The van der Waals surface area contributed by atoms with Crippen LogP contribution in [0.3, 0.4) is 0 Å². The molecule has 5 heteroatoms. The number of nitrogens with zero attached hydrogens (tertiary/aromatic N) is 2. The number of amides is 1. The molecule has 1 amide bonds. The Morgan fingerprint density at radius 3 is 2.86 bits per heavy atom. The van der Waals surface area contributed by atoms with Crippen LogP contribution in [0.25, 0.3) is 0 Å². The highest BCUT2D eigenvalue weighted by atomic mass is 35.5. The van der Waals surface area contributed by atoms with Crippen molar-refractivity contribution < 1.29 is 4.79 Å². The molecule has 1 atom stereocenters. The number of carbonyl (C=O) groups is 1. The van der Waals surface area contributed by atoms with Gasteiger partial charge in [0.1, 0.15) is 0 Å². The molecule has 2 aliphatic rings. The number of benzene rings is 1. The zero-order chi connectivity index (χ0) is 14.7. The molecule has 2 saturated heterocycles. The van der Waals surface area contributed by atoms with Gasteiger partial charge >= 0.3 is 0 Å². The molecule has 22 heavy (non-hydrogen) atoms. The molecule has 1 aromatic rings. The van der Waals surface area contributed by atoms with Gasteiger partial charge in [-0.2, -0.15) is 5.26 Å². The van der Waals surface area contributed by atoms with Crippen LogP contribution in [0.4, 0.5) is 0 Å². The summed E-state index contributed by atoms with van der Waals surface area (Å²) in [5.41, 5.74) is 1.53. The smallest absolute Gasteiger partial charge is 0.230 e. The molecule has 0 saturated carbocycles. The normalized spacial score (nSPS) is 24.7. The molecular weight excluding hydrogens is 298 g/mol. The highest BCUT2D eigenvalue weighted by Crippen LogP contribution is 2.37. The summed E-state index contributed by atoms with van der Waals surface area (Å²) in [5, 5.41) is 12.4. The van der Waals surface area contributed by atoms with Gasteiger partial charge in [0.2, 0.25) is 5.91 Å². The summed E-state index contributed by atoms with van der Waals surface area (Å²) in [6.45, 7) is 3.30. The Labute approximate surface area is 137 Å². The Balaban J connectivity index is 0.00000176. The minimum atomic E-state index is -0.177. The van der Waals surface area contributed by atoms with E-state index in [0.717, 1.165) is 50.9 Å². The zero-order valence-electron chi connectivity index (χ0n) is 12.7. The van der Waals surface area contributed by atoms with E-state index in [1.807, 2.05) is 23.1 Å². The lowest BCUT2D eigenvalue weighted by Gasteiger charge is -2.44. The maximum atomic E-state index is 12.9. The molecule has 2 aliphatic heterocycles. The lowest BCUT2D eigenvalue weighted by molar-refractivity contribution is -0.148. The fourth-order valence-electron chi connectivity index (χ4n) is 3.63. The van der Waals surface area contributed by atoms with Crippen molar-refractivity contribution in [2.45, 2.75) is 32.2 Å². The van der Waals surface area contributed by atoms with Crippen molar-refractivity contribution in [2.24, 2.45) is 5.41 Å². The van der Waals surface area contributed by atoms with E-state index in [2.05, 4.69) is 11.4 Å². The minimum Gasteiger partial charge on any atom is -0.338 e. The number of halogens is 1. The van der Waals surface area contributed by atoms with Gasteiger partial charge in [0, 0.05) is 19.6 Å². The summed E-state index contributed by atoms with van der Waals surface area (Å²) in [6, 6.07) is 9.73. The van der Waals surface area contributed by atoms with E-state index < -0.39 is 0 Å². The van der Waals surface area contributed by atoms with Gasteiger partial charge in [-0.1, -0.05) is 12.1 Å². The molecule has 1 unspecified atom stereocenters. The maximum absolute atomic E-state index is 12.9. The predicted molar refractivity (Wildman–Crippen MR) is 87.6 cm³/mol. The molecule has 0 radical (unpaired) electrons. The first kappa shape index (κ1) is 16.8. The number of hydrogen-bond acceptors (Lipinski definition) is 3. The van der Waals surface area contributed by atoms with Crippen molar-refractivity contribution in [3.05, 3.63) is 35.4 Å². The number of nitrogens with one attached hydrogen (secondary N) is 1. The average molecular weight is 320 g/mol. The number of likely N-dealkylation sites (tertiary alicyclic amines) is 1. The van der Waals surface area contributed by atoms with E-state index in [4.69, 9.17) is 5.26 Å². The first-order valence-electron chi connectivity index (χ1n) is 7.73. The van der Waals surface area contributed by atoms with Gasteiger partial charge in [0.05, 0.1) is 17.0 Å². The Bertz CT molecular complexity index is 570. The minimum absolute atomic E-state index is 0. The number of piperidine rings is 2. The van der Waals surface area contributed by atoms with E-state index in [0.29, 0.717) is 18.0 Å². The van der Waals surface area contributed by atoms with E-state index in [1.54, 1.807) is 6.07 Å². The largest absolute Gasteiger partial charge is 0.338 e. The highest BCUT2D eigenvalue weighted by Gasteiger charge is 2.44. The molecule has 2 heterocycles. The fourth-order valence-corrected chi connectivity index (χ4v) is 3.63. The molecular formula is C17H22ClN3O. The zero-order valence-corrected chi connectivity index (χ0v) is 13.5. The van der Waals surface area contributed by atoms with E-state index in [1.165, 1.54) is 0 Å². The van der Waals surface area contributed by atoms with Gasteiger partial charge < -0.3 is 10.2 Å². The Morgan fingerprint density at radius 2 is 2.14 bits per heavy atom.